The first-order valence-electron chi connectivity index (χ1n) is 7.92. The molecule has 0 aliphatic heterocycles. The maximum atomic E-state index is 12.0. The van der Waals surface area contributed by atoms with Gasteiger partial charge in [0.15, 0.2) is 0 Å². The number of hydrogen-bond donors (Lipinski definition) is 1. The van der Waals surface area contributed by atoms with Crippen LogP contribution in [0.15, 0.2) is 73.3 Å². The van der Waals surface area contributed by atoms with Crippen LogP contribution >= 0.6 is 0 Å². The predicted molar refractivity (Wildman–Crippen MR) is 97.4 cm³/mol. The van der Waals surface area contributed by atoms with E-state index < -0.39 is 0 Å². The third-order valence-corrected chi connectivity index (χ3v) is 3.72. The molecule has 0 unspecified atom stereocenters. The van der Waals surface area contributed by atoms with E-state index in [0.717, 1.165) is 16.8 Å². The van der Waals surface area contributed by atoms with Gasteiger partial charge in [-0.2, -0.15) is 0 Å². The Balaban J connectivity index is 1.65. The van der Waals surface area contributed by atoms with E-state index in [-0.39, 0.29) is 5.91 Å². The molecule has 5 nitrogen and oxygen atoms in total. The maximum absolute atomic E-state index is 12.0. The van der Waals surface area contributed by atoms with E-state index in [0.29, 0.717) is 12.3 Å². The van der Waals surface area contributed by atoms with E-state index in [4.69, 9.17) is 4.74 Å². The van der Waals surface area contributed by atoms with Crippen LogP contribution in [-0.2, 0) is 11.3 Å². The van der Waals surface area contributed by atoms with Crippen LogP contribution in [0.3, 0.4) is 0 Å². The van der Waals surface area contributed by atoms with Crippen molar-refractivity contribution in [2.45, 2.75) is 6.54 Å². The second-order valence-electron chi connectivity index (χ2n) is 5.44. The zero-order valence-electron chi connectivity index (χ0n) is 13.9. The molecule has 0 spiro atoms. The summed E-state index contributed by atoms with van der Waals surface area (Å²) in [6.07, 6.45) is 8.56. The van der Waals surface area contributed by atoms with Gasteiger partial charge in [-0.1, -0.05) is 36.4 Å². The minimum Gasteiger partial charge on any atom is -0.495 e. The van der Waals surface area contributed by atoms with E-state index >= 15 is 0 Å². The molecule has 5 heteroatoms. The van der Waals surface area contributed by atoms with E-state index in [1.54, 1.807) is 25.7 Å². The number of carbonyl (C=O) groups is 1. The van der Waals surface area contributed by atoms with Crippen LogP contribution in [0.1, 0.15) is 11.1 Å². The zero-order valence-corrected chi connectivity index (χ0v) is 13.9. The Bertz CT molecular complexity index is 856. The maximum Gasteiger partial charge on any atom is 0.244 e. The minimum absolute atomic E-state index is 0.137. The van der Waals surface area contributed by atoms with E-state index in [2.05, 4.69) is 10.3 Å². The predicted octanol–water partition coefficient (Wildman–Crippen LogP) is 3.21. The number of nitrogens with zero attached hydrogens (tertiary/aromatic N) is 2. The molecule has 1 aromatic heterocycles. The summed E-state index contributed by atoms with van der Waals surface area (Å²) in [5, 5.41) is 2.86. The molecule has 0 atom stereocenters. The summed E-state index contributed by atoms with van der Waals surface area (Å²) in [5.74, 6) is 0.575. The molecular formula is C20H19N3O2. The second-order valence-corrected chi connectivity index (χ2v) is 5.44. The highest BCUT2D eigenvalue weighted by molar-refractivity contribution is 5.91. The lowest BCUT2D eigenvalue weighted by Gasteiger charge is -2.09. The number of benzene rings is 2. The van der Waals surface area contributed by atoms with Crippen molar-refractivity contribution in [3.63, 3.8) is 0 Å². The monoisotopic (exact) mass is 333 g/mol. The zero-order chi connectivity index (χ0) is 17.5. The van der Waals surface area contributed by atoms with Crippen LogP contribution in [-0.4, -0.2) is 22.6 Å². The topological polar surface area (TPSA) is 56.1 Å². The molecule has 126 valence electrons. The van der Waals surface area contributed by atoms with Gasteiger partial charge in [-0.05, 0) is 29.3 Å². The summed E-state index contributed by atoms with van der Waals surface area (Å²) >= 11 is 0. The molecule has 25 heavy (non-hydrogen) atoms. The van der Waals surface area contributed by atoms with Crippen molar-refractivity contribution in [1.29, 1.82) is 0 Å². The highest BCUT2D eigenvalue weighted by Crippen LogP contribution is 2.24. The second kappa shape index (κ2) is 7.97. The fourth-order valence-corrected chi connectivity index (χ4v) is 2.43. The number of methoxy groups -OCH3 is 1. The average Bonchev–Trinajstić information content (AvgIpc) is 3.19. The lowest BCUT2D eigenvalue weighted by Crippen LogP contribution is -2.20. The number of hydrogen-bond acceptors (Lipinski definition) is 3. The van der Waals surface area contributed by atoms with Gasteiger partial charge in [0.2, 0.25) is 5.91 Å². The number of imidazole rings is 1. The largest absolute Gasteiger partial charge is 0.495 e. The molecule has 2 aromatic carbocycles. The van der Waals surface area contributed by atoms with E-state index in [9.17, 15) is 4.79 Å². The lowest BCUT2D eigenvalue weighted by molar-refractivity contribution is -0.116. The van der Waals surface area contributed by atoms with E-state index in [1.807, 2.05) is 59.3 Å². The highest BCUT2D eigenvalue weighted by Gasteiger charge is 2.05. The van der Waals surface area contributed by atoms with Gasteiger partial charge in [-0.15, -0.1) is 0 Å². The van der Waals surface area contributed by atoms with Crippen LogP contribution in [0.25, 0.3) is 11.8 Å². The Morgan fingerprint density at radius 1 is 1.24 bits per heavy atom. The lowest BCUT2D eigenvalue weighted by atomic mass is 10.1. The normalized spacial score (nSPS) is 10.8. The molecule has 3 aromatic rings. The molecule has 1 amide bonds. The van der Waals surface area contributed by atoms with Crippen LogP contribution in [0.2, 0.25) is 0 Å². The smallest absolute Gasteiger partial charge is 0.244 e. The molecule has 1 heterocycles. The Morgan fingerprint density at radius 2 is 2.08 bits per heavy atom. The fourth-order valence-electron chi connectivity index (χ4n) is 2.43. The summed E-state index contributed by atoms with van der Waals surface area (Å²) in [6.45, 7) is 0.507. The molecule has 0 radical (unpaired) electrons. The van der Waals surface area contributed by atoms with Gasteiger partial charge >= 0.3 is 0 Å². The molecule has 0 saturated carbocycles. The number of carbonyl (C=O) groups excluding carboxylic acids is 1. The summed E-state index contributed by atoms with van der Waals surface area (Å²) in [4.78, 5) is 16.0. The van der Waals surface area contributed by atoms with Crippen molar-refractivity contribution in [3.8, 4) is 11.4 Å². The van der Waals surface area contributed by atoms with Gasteiger partial charge in [0, 0.05) is 25.0 Å². The molecule has 0 aliphatic carbocycles. The fraction of sp³-hybridized carbons (Fsp3) is 0.100. The molecule has 0 saturated heterocycles. The van der Waals surface area contributed by atoms with Gasteiger partial charge in [-0.3, -0.25) is 4.79 Å². The van der Waals surface area contributed by atoms with Gasteiger partial charge in [0.25, 0.3) is 0 Å². The summed E-state index contributed by atoms with van der Waals surface area (Å²) in [6, 6.07) is 15.5. The number of ether oxygens (including phenoxy) is 1. The van der Waals surface area contributed by atoms with Gasteiger partial charge in [0.1, 0.15) is 5.75 Å². The van der Waals surface area contributed by atoms with Crippen molar-refractivity contribution in [2.24, 2.45) is 0 Å². The van der Waals surface area contributed by atoms with Gasteiger partial charge in [0.05, 0.1) is 19.1 Å². The van der Waals surface area contributed by atoms with E-state index in [1.165, 1.54) is 6.08 Å². The first-order valence-corrected chi connectivity index (χ1v) is 7.92. The van der Waals surface area contributed by atoms with Crippen molar-refractivity contribution in [2.75, 3.05) is 7.11 Å². The Kier molecular flexibility index (Phi) is 5.26. The standard InChI is InChI=1S/C20H19N3O2/c1-25-19-13-16(7-9-18(19)23-12-11-21-15-23)8-10-20(24)22-14-17-5-3-2-4-6-17/h2-13,15H,14H2,1H3,(H,22,24)/b10-8+. The van der Waals surface area contributed by atoms with Crippen LogP contribution < -0.4 is 10.1 Å². The number of rotatable bonds is 6. The Labute approximate surface area is 146 Å². The third-order valence-electron chi connectivity index (χ3n) is 3.72. The first-order chi connectivity index (χ1) is 12.3. The molecule has 3 rings (SSSR count). The van der Waals surface area contributed by atoms with Gasteiger partial charge in [-0.25, -0.2) is 4.98 Å². The van der Waals surface area contributed by atoms with Crippen molar-refractivity contribution < 1.29 is 9.53 Å². The summed E-state index contributed by atoms with van der Waals surface area (Å²) < 4.78 is 7.31. The minimum atomic E-state index is -0.137. The third kappa shape index (κ3) is 4.35. The number of nitrogens with one attached hydrogen (secondary N) is 1. The van der Waals surface area contributed by atoms with Crippen molar-refractivity contribution in [1.82, 2.24) is 14.9 Å². The summed E-state index contributed by atoms with van der Waals surface area (Å²) in [7, 11) is 1.62. The highest BCUT2D eigenvalue weighted by atomic mass is 16.5. The van der Waals surface area contributed by atoms with Crippen molar-refractivity contribution in [3.05, 3.63) is 84.5 Å². The number of aromatic nitrogens is 2. The SMILES string of the molecule is COc1cc(/C=C/C(=O)NCc2ccccc2)ccc1-n1ccnc1. The number of amides is 1. The van der Waals surface area contributed by atoms with Gasteiger partial charge < -0.3 is 14.6 Å². The Morgan fingerprint density at radius 3 is 2.80 bits per heavy atom. The van der Waals surface area contributed by atoms with Crippen LogP contribution in [0.4, 0.5) is 0 Å². The molecule has 0 aliphatic rings. The Hall–Kier alpha value is -3.34. The first kappa shape index (κ1) is 16.5. The quantitative estimate of drug-likeness (QED) is 0.705. The molecule has 0 bridgehead atoms. The molecule has 1 N–H and O–H groups in total. The van der Waals surface area contributed by atoms with Crippen molar-refractivity contribution >= 4 is 12.0 Å². The molecule has 0 fully saturated rings. The summed E-state index contributed by atoms with van der Waals surface area (Å²) in [5.41, 5.74) is 2.84. The average molecular weight is 333 g/mol. The van der Waals surface area contributed by atoms with Crippen LogP contribution in [0.5, 0.6) is 5.75 Å². The van der Waals surface area contributed by atoms with Crippen LogP contribution in [0, 0.1) is 0 Å². The molecular weight excluding hydrogens is 314 g/mol.